The lowest BCUT2D eigenvalue weighted by molar-refractivity contribution is -0.136. The Kier molecular flexibility index (Phi) is 3.12. The highest BCUT2D eigenvalue weighted by Gasteiger charge is 2.48. The lowest BCUT2D eigenvalue weighted by atomic mass is 10.0. The zero-order chi connectivity index (χ0) is 14.4. The first-order valence-electron chi connectivity index (χ1n) is 8.00. The van der Waals surface area contributed by atoms with Crippen molar-refractivity contribution >= 4 is 11.6 Å². The molecule has 3 aliphatic rings. The van der Waals surface area contributed by atoms with Gasteiger partial charge in [0.1, 0.15) is 5.82 Å². The third-order valence-corrected chi connectivity index (χ3v) is 5.38. The van der Waals surface area contributed by atoms with Crippen LogP contribution in [0.1, 0.15) is 19.3 Å². The van der Waals surface area contributed by atoms with Crippen molar-refractivity contribution in [3.8, 4) is 0 Å². The minimum atomic E-state index is -0.202. The normalized spacial score (nSPS) is 31.2. The number of amides is 1. The van der Waals surface area contributed by atoms with Crippen LogP contribution in [0, 0.1) is 23.6 Å². The van der Waals surface area contributed by atoms with E-state index in [1.165, 1.54) is 18.6 Å². The summed E-state index contributed by atoms with van der Waals surface area (Å²) >= 11 is 0. The van der Waals surface area contributed by atoms with Gasteiger partial charge in [0, 0.05) is 37.8 Å². The fraction of sp³-hybridized carbons (Fsp3) is 0.588. The van der Waals surface area contributed by atoms with E-state index in [-0.39, 0.29) is 5.82 Å². The van der Waals surface area contributed by atoms with E-state index >= 15 is 0 Å². The molecule has 3 nitrogen and oxygen atoms in total. The fourth-order valence-corrected chi connectivity index (χ4v) is 4.01. The van der Waals surface area contributed by atoms with Crippen LogP contribution in [0.3, 0.4) is 0 Å². The molecule has 112 valence electrons. The molecular formula is C17H21FN2O. The van der Waals surface area contributed by atoms with Gasteiger partial charge >= 0.3 is 0 Å². The number of rotatable bonds is 2. The van der Waals surface area contributed by atoms with Gasteiger partial charge in [0.15, 0.2) is 0 Å². The van der Waals surface area contributed by atoms with Gasteiger partial charge in [-0.05, 0) is 55.4 Å². The average Bonchev–Trinajstić information content (AvgIpc) is 3.13. The average molecular weight is 288 g/mol. The van der Waals surface area contributed by atoms with Crippen LogP contribution in [0.15, 0.2) is 24.3 Å². The topological polar surface area (TPSA) is 23.6 Å². The van der Waals surface area contributed by atoms with Crippen molar-refractivity contribution in [3.05, 3.63) is 30.1 Å². The van der Waals surface area contributed by atoms with Crippen molar-refractivity contribution in [2.75, 3.05) is 31.1 Å². The fourth-order valence-electron chi connectivity index (χ4n) is 4.01. The van der Waals surface area contributed by atoms with E-state index < -0.39 is 0 Å². The summed E-state index contributed by atoms with van der Waals surface area (Å²) in [5.41, 5.74) is 1.05. The molecule has 4 rings (SSSR count). The molecular weight excluding hydrogens is 267 g/mol. The van der Waals surface area contributed by atoms with Gasteiger partial charge in [-0.2, -0.15) is 0 Å². The molecule has 1 saturated heterocycles. The number of fused-ring (bicyclic) bond motifs is 1. The SMILES string of the molecule is O=C(C1CC2CC2C1)N1CCN(c2ccc(F)cc2)CC1. The molecule has 1 aliphatic heterocycles. The maximum Gasteiger partial charge on any atom is 0.225 e. The number of halogens is 1. The summed E-state index contributed by atoms with van der Waals surface area (Å²) < 4.78 is 13.0. The van der Waals surface area contributed by atoms with Gasteiger partial charge < -0.3 is 9.80 Å². The lowest BCUT2D eigenvalue weighted by Crippen LogP contribution is -2.50. The number of benzene rings is 1. The van der Waals surface area contributed by atoms with Gasteiger partial charge in [0.05, 0.1) is 0 Å². The number of nitrogens with zero attached hydrogens (tertiary/aromatic N) is 2. The highest BCUT2D eigenvalue weighted by molar-refractivity contribution is 5.79. The van der Waals surface area contributed by atoms with Crippen LogP contribution in [0.4, 0.5) is 10.1 Å². The first kappa shape index (κ1) is 13.1. The van der Waals surface area contributed by atoms with Crippen LogP contribution in [-0.2, 0) is 4.79 Å². The van der Waals surface area contributed by atoms with Gasteiger partial charge in [-0.25, -0.2) is 4.39 Å². The maximum absolute atomic E-state index is 13.0. The van der Waals surface area contributed by atoms with Crippen molar-refractivity contribution in [1.29, 1.82) is 0 Å². The van der Waals surface area contributed by atoms with Gasteiger partial charge in [-0.15, -0.1) is 0 Å². The second kappa shape index (κ2) is 5.00. The van der Waals surface area contributed by atoms with Gasteiger partial charge in [0.2, 0.25) is 5.91 Å². The van der Waals surface area contributed by atoms with E-state index in [2.05, 4.69) is 4.90 Å². The quantitative estimate of drug-likeness (QED) is 0.835. The molecule has 0 aromatic heterocycles. The van der Waals surface area contributed by atoms with E-state index in [1.807, 2.05) is 17.0 Å². The minimum absolute atomic E-state index is 0.202. The van der Waals surface area contributed by atoms with Crippen molar-refractivity contribution in [3.63, 3.8) is 0 Å². The number of anilines is 1. The summed E-state index contributed by atoms with van der Waals surface area (Å²) in [6.45, 7) is 3.28. The van der Waals surface area contributed by atoms with E-state index in [0.29, 0.717) is 11.8 Å². The zero-order valence-electron chi connectivity index (χ0n) is 12.2. The van der Waals surface area contributed by atoms with Crippen LogP contribution >= 0.6 is 0 Å². The molecule has 0 bridgehead atoms. The van der Waals surface area contributed by atoms with Crippen molar-refractivity contribution < 1.29 is 9.18 Å². The van der Waals surface area contributed by atoms with E-state index in [4.69, 9.17) is 0 Å². The van der Waals surface area contributed by atoms with Crippen LogP contribution in [0.2, 0.25) is 0 Å². The minimum Gasteiger partial charge on any atom is -0.368 e. The molecule has 2 unspecified atom stereocenters. The monoisotopic (exact) mass is 288 g/mol. The van der Waals surface area contributed by atoms with Crippen molar-refractivity contribution in [2.24, 2.45) is 17.8 Å². The molecule has 1 aromatic rings. The summed E-state index contributed by atoms with van der Waals surface area (Å²) in [5, 5.41) is 0. The molecule has 1 amide bonds. The van der Waals surface area contributed by atoms with Gasteiger partial charge in [-0.3, -0.25) is 4.79 Å². The second-order valence-corrected chi connectivity index (χ2v) is 6.71. The molecule has 3 fully saturated rings. The molecule has 21 heavy (non-hydrogen) atoms. The summed E-state index contributed by atoms with van der Waals surface area (Å²) in [7, 11) is 0. The van der Waals surface area contributed by atoms with Crippen LogP contribution in [0.25, 0.3) is 0 Å². The van der Waals surface area contributed by atoms with Crippen LogP contribution in [-0.4, -0.2) is 37.0 Å². The smallest absolute Gasteiger partial charge is 0.225 e. The summed E-state index contributed by atoms with van der Waals surface area (Å²) in [5.74, 6) is 2.19. The molecule has 1 heterocycles. The second-order valence-electron chi connectivity index (χ2n) is 6.71. The Morgan fingerprint density at radius 3 is 2.19 bits per heavy atom. The standard InChI is InChI=1S/C17H21FN2O/c18-15-1-3-16(4-2-15)19-5-7-20(8-6-19)17(21)14-10-12-9-13(12)11-14/h1-4,12-14H,5-11H2. The van der Waals surface area contributed by atoms with Crippen molar-refractivity contribution in [1.82, 2.24) is 4.90 Å². The van der Waals surface area contributed by atoms with Crippen molar-refractivity contribution in [2.45, 2.75) is 19.3 Å². The maximum atomic E-state index is 13.0. The molecule has 2 saturated carbocycles. The summed E-state index contributed by atoms with van der Waals surface area (Å²) in [4.78, 5) is 16.8. The number of piperazine rings is 1. The largest absolute Gasteiger partial charge is 0.368 e. The third-order valence-electron chi connectivity index (χ3n) is 5.38. The Labute approximate surface area is 124 Å². The van der Waals surface area contributed by atoms with E-state index in [9.17, 15) is 9.18 Å². The Balaban J connectivity index is 1.33. The Hall–Kier alpha value is -1.58. The van der Waals surface area contributed by atoms with Gasteiger partial charge in [0.25, 0.3) is 0 Å². The zero-order valence-corrected chi connectivity index (χ0v) is 12.2. The lowest BCUT2D eigenvalue weighted by Gasteiger charge is -2.37. The Morgan fingerprint density at radius 1 is 0.952 bits per heavy atom. The van der Waals surface area contributed by atoms with E-state index in [1.54, 1.807) is 0 Å². The molecule has 1 aromatic carbocycles. The Bertz CT molecular complexity index is 526. The first-order chi connectivity index (χ1) is 10.2. The Morgan fingerprint density at radius 2 is 1.57 bits per heavy atom. The van der Waals surface area contributed by atoms with Crippen LogP contribution < -0.4 is 4.90 Å². The number of hydrogen-bond acceptors (Lipinski definition) is 2. The van der Waals surface area contributed by atoms with Crippen LogP contribution in [0.5, 0.6) is 0 Å². The number of carbonyl (C=O) groups excluding carboxylic acids is 1. The molecule has 2 atom stereocenters. The summed E-state index contributed by atoms with van der Waals surface area (Å²) in [6, 6.07) is 6.63. The highest BCUT2D eigenvalue weighted by Crippen LogP contribution is 2.54. The molecule has 0 radical (unpaired) electrons. The summed E-state index contributed by atoms with van der Waals surface area (Å²) in [6.07, 6.45) is 3.62. The van der Waals surface area contributed by atoms with E-state index in [0.717, 1.165) is 56.5 Å². The molecule has 0 spiro atoms. The highest BCUT2D eigenvalue weighted by atomic mass is 19.1. The molecule has 4 heteroatoms. The predicted octanol–water partition coefficient (Wildman–Crippen LogP) is 2.52. The number of hydrogen-bond donors (Lipinski definition) is 0. The first-order valence-corrected chi connectivity index (χ1v) is 8.00. The third kappa shape index (κ3) is 2.52. The molecule has 0 N–H and O–H groups in total. The molecule has 2 aliphatic carbocycles. The predicted molar refractivity (Wildman–Crippen MR) is 79.5 cm³/mol. The van der Waals surface area contributed by atoms with Gasteiger partial charge in [-0.1, -0.05) is 0 Å². The number of carbonyl (C=O) groups is 1.